The highest BCUT2D eigenvalue weighted by Crippen LogP contribution is 2.25. The second kappa shape index (κ2) is 5.66. The van der Waals surface area contributed by atoms with E-state index >= 15 is 0 Å². The maximum Gasteiger partial charge on any atom is 0.341 e. The van der Waals surface area contributed by atoms with Crippen molar-refractivity contribution in [2.45, 2.75) is 25.9 Å². The summed E-state index contributed by atoms with van der Waals surface area (Å²) in [5.74, 6) is 0.247. The van der Waals surface area contributed by atoms with Crippen LogP contribution in [-0.2, 0) is 4.74 Å². The molecule has 0 bridgehead atoms. The monoisotopic (exact) mass is 278 g/mol. The van der Waals surface area contributed by atoms with Gasteiger partial charge < -0.3 is 15.4 Å². The molecule has 0 amide bonds. The van der Waals surface area contributed by atoms with Gasteiger partial charge in [0.05, 0.1) is 19.0 Å². The van der Waals surface area contributed by atoms with Crippen molar-refractivity contribution < 1.29 is 9.53 Å². The molecule has 2 rings (SSSR count). The summed E-state index contributed by atoms with van der Waals surface area (Å²) < 4.78 is 4.83. The smallest absolute Gasteiger partial charge is 0.341 e. The Morgan fingerprint density at radius 2 is 2.00 bits per heavy atom. The Balaban J connectivity index is 2.35. The molecule has 1 fully saturated rings. The molecule has 1 saturated heterocycles. The number of carbonyl (C=O) groups excluding carboxylic acids is 1. The minimum atomic E-state index is -0.404. The molecule has 0 radical (unpaired) electrons. The van der Waals surface area contributed by atoms with Crippen LogP contribution in [0.5, 0.6) is 0 Å². The van der Waals surface area contributed by atoms with Crippen LogP contribution in [0.2, 0.25) is 0 Å². The Kier molecular flexibility index (Phi) is 4.13. The lowest BCUT2D eigenvalue weighted by Gasteiger charge is -2.43. The van der Waals surface area contributed by atoms with Crippen LogP contribution in [0.3, 0.4) is 0 Å². The minimum Gasteiger partial charge on any atom is -0.465 e. The Hall–Kier alpha value is -1.82. The fourth-order valence-electron chi connectivity index (χ4n) is 2.56. The zero-order chi connectivity index (χ0) is 14.9. The maximum atomic E-state index is 11.9. The lowest BCUT2D eigenvalue weighted by Crippen LogP contribution is -2.55. The number of ether oxygens (including phenoxy) is 1. The summed E-state index contributed by atoms with van der Waals surface area (Å²) in [6.45, 7) is 5.97. The Morgan fingerprint density at radius 3 is 2.55 bits per heavy atom. The van der Waals surface area contributed by atoms with Crippen LogP contribution in [0.1, 0.15) is 24.2 Å². The van der Waals surface area contributed by atoms with Crippen LogP contribution >= 0.6 is 0 Å². The van der Waals surface area contributed by atoms with Crippen molar-refractivity contribution in [3.05, 3.63) is 17.8 Å². The number of nitrogen functional groups attached to an aromatic ring is 1. The number of nitrogens with two attached hydrogens (primary N) is 1. The summed E-state index contributed by atoms with van der Waals surface area (Å²) in [5, 5.41) is 0. The molecule has 20 heavy (non-hydrogen) atoms. The summed E-state index contributed by atoms with van der Waals surface area (Å²) >= 11 is 0. The Bertz CT molecular complexity index is 494. The van der Waals surface area contributed by atoms with Gasteiger partial charge in [-0.25, -0.2) is 9.78 Å². The Labute approximate surface area is 119 Å². The van der Waals surface area contributed by atoms with Crippen molar-refractivity contribution in [2.75, 3.05) is 37.9 Å². The van der Waals surface area contributed by atoms with Crippen LogP contribution in [0.25, 0.3) is 0 Å². The van der Waals surface area contributed by atoms with Gasteiger partial charge in [0.1, 0.15) is 11.4 Å². The average Bonchev–Trinajstić information content (AvgIpc) is 2.43. The van der Waals surface area contributed by atoms with E-state index in [9.17, 15) is 4.79 Å². The predicted octanol–water partition coefficient (Wildman–Crippen LogP) is 0.979. The lowest BCUT2D eigenvalue weighted by atomic mass is 10.1. The molecule has 2 heterocycles. The van der Waals surface area contributed by atoms with Gasteiger partial charge in [0.15, 0.2) is 0 Å². The van der Waals surface area contributed by atoms with E-state index in [-0.39, 0.29) is 0 Å². The van der Waals surface area contributed by atoms with Gasteiger partial charge in [0.25, 0.3) is 0 Å². The summed E-state index contributed by atoms with van der Waals surface area (Å²) in [5.41, 5.74) is 6.62. The number of piperazine rings is 1. The van der Waals surface area contributed by atoms with Crippen molar-refractivity contribution in [1.29, 1.82) is 0 Å². The number of pyridine rings is 1. The molecule has 2 atom stereocenters. The number of likely N-dealkylation sites (N-methyl/N-ethyl adjacent to an activating group) is 1. The molecular formula is C14H22N4O2. The van der Waals surface area contributed by atoms with Gasteiger partial charge in [0, 0.05) is 25.2 Å². The highest BCUT2D eigenvalue weighted by Gasteiger charge is 2.29. The first-order valence-electron chi connectivity index (χ1n) is 6.74. The molecule has 0 spiro atoms. The molecule has 1 aromatic heterocycles. The molecule has 6 nitrogen and oxygen atoms in total. The van der Waals surface area contributed by atoms with E-state index in [4.69, 9.17) is 10.5 Å². The minimum absolute atomic E-state index is 0.392. The van der Waals surface area contributed by atoms with Crippen molar-refractivity contribution in [3.8, 4) is 0 Å². The fourth-order valence-corrected chi connectivity index (χ4v) is 2.56. The van der Waals surface area contributed by atoms with Crippen molar-refractivity contribution in [2.24, 2.45) is 0 Å². The zero-order valence-electron chi connectivity index (χ0n) is 12.5. The first-order valence-corrected chi connectivity index (χ1v) is 6.74. The largest absolute Gasteiger partial charge is 0.465 e. The molecule has 0 aliphatic carbocycles. The van der Waals surface area contributed by atoms with Gasteiger partial charge in [-0.3, -0.25) is 4.90 Å². The number of anilines is 2. The normalized spacial score (nSPS) is 23.7. The van der Waals surface area contributed by atoms with E-state index in [1.54, 1.807) is 12.3 Å². The average molecular weight is 278 g/mol. The molecule has 0 saturated carbocycles. The number of esters is 1. The number of methoxy groups -OCH3 is 1. The lowest BCUT2D eigenvalue weighted by molar-refractivity contribution is 0.0600. The molecule has 1 aliphatic rings. The van der Waals surface area contributed by atoms with Crippen LogP contribution in [0.15, 0.2) is 12.3 Å². The molecule has 110 valence electrons. The van der Waals surface area contributed by atoms with E-state index < -0.39 is 5.97 Å². The highest BCUT2D eigenvalue weighted by molar-refractivity contribution is 5.95. The molecule has 1 aromatic rings. The van der Waals surface area contributed by atoms with E-state index in [2.05, 4.69) is 35.7 Å². The summed E-state index contributed by atoms with van der Waals surface area (Å²) in [4.78, 5) is 20.7. The van der Waals surface area contributed by atoms with Crippen molar-refractivity contribution in [3.63, 3.8) is 0 Å². The second-order valence-electron chi connectivity index (χ2n) is 5.40. The van der Waals surface area contributed by atoms with E-state index in [1.165, 1.54) is 7.11 Å². The number of hydrogen-bond donors (Lipinski definition) is 1. The predicted molar refractivity (Wildman–Crippen MR) is 78.9 cm³/mol. The van der Waals surface area contributed by atoms with Gasteiger partial charge in [-0.15, -0.1) is 0 Å². The second-order valence-corrected chi connectivity index (χ2v) is 5.40. The standard InChI is InChI=1S/C14H22N4O2/c1-9-7-18(8-10(2)17(9)3)13-12(14(19)20-4)5-11(15)6-16-13/h5-6,9-10H,7-8,15H2,1-4H3. The maximum absolute atomic E-state index is 11.9. The summed E-state index contributed by atoms with van der Waals surface area (Å²) in [6, 6.07) is 2.41. The van der Waals surface area contributed by atoms with Crippen LogP contribution in [-0.4, -0.2) is 55.2 Å². The van der Waals surface area contributed by atoms with E-state index in [1.807, 2.05) is 0 Å². The quantitative estimate of drug-likeness (QED) is 0.813. The van der Waals surface area contributed by atoms with Gasteiger partial charge in [-0.05, 0) is 27.0 Å². The number of rotatable bonds is 2. The molecule has 2 N–H and O–H groups in total. The van der Waals surface area contributed by atoms with Gasteiger partial charge in [-0.2, -0.15) is 0 Å². The van der Waals surface area contributed by atoms with Crippen LogP contribution in [0, 0.1) is 0 Å². The topological polar surface area (TPSA) is 71.7 Å². The first kappa shape index (κ1) is 14.6. The third kappa shape index (κ3) is 2.70. The number of carbonyl (C=O) groups is 1. The highest BCUT2D eigenvalue weighted by atomic mass is 16.5. The third-order valence-electron chi connectivity index (χ3n) is 3.95. The molecule has 0 aromatic carbocycles. The molecular weight excluding hydrogens is 256 g/mol. The summed E-state index contributed by atoms with van der Waals surface area (Å²) in [6.07, 6.45) is 1.58. The van der Waals surface area contributed by atoms with E-state index in [0.717, 1.165) is 13.1 Å². The first-order chi connectivity index (χ1) is 9.43. The van der Waals surface area contributed by atoms with Gasteiger partial charge in [-0.1, -0.05) is 0 Å². The van der Waals surface area contributed by atoms with Gasteiger partial charge >= 0.3 is 5.97 Å². The van der Waals surface area contributed by atoms with Crippen molar-refractivity contribution in [1.82, 2.24) is 9.88 Å². The number of nitrogens with zero attached hydrogens (tertiary/aromatic N) is 3. The summed E-state index contributed by atoms with van der Waals surface area (Å²) in [7, 11) is 3.48. The van der Waals surface area contributed by atoms with Crippen LogP contribution in [0.4, 0.5) is 11.5 Å². The molecule has 2 unspecified atom stereocenters. The van der Waals surface area contributed by atoms with Crippen LogP contribution < -0.4 is 10.6 Å². The van der Waals surface area contributed by atoms with Gasteiger partial charge in [0.2, 0.25) is 0 Å². The SMILES string of the molecule is COC(=O)c1cc(N)cnc1N1CC(C)N(C)C(C)C1. The van der Waals surface area contributed by atoms with Crippen molar-refractivity contribution >= 4 is 17.5 Å². The van der Waals surface area contributed by atoms with E-state index in [0.29, 0.717) is 29.2 Å². The number of aromatic nitrogens is 1. The fraction of sp³-hybridized carbons (Fsp3) is 0.571. The zero-order valence-corrected chi connectivity index (χ0v) is 12.5. The Morgan fingerprint density at radius 1 is 1.40 bits per heavy atom. The molecule has 1 aliphatic heterocycles. The molecule has 6 heteroatoms. The third-order valence-corrected chi connectivity index (χ3v) is 3.95. The number of hydrogen-bond acceptors (Lipinski definition) is 6.